The summed E-state index contributed by atoms with van der Waals surface area (Å²) >= 11 is 0. The third-order valence-corrected chi connectivity index (χ3v) is 5.44. The molecule has 8 nitrogen and oxygen atoms in total. The van der Waals surface area contributed by atoms with Gasteiger partial charge in [0, 0.05) is 29.2 Å². The highest BCUT2D eigenvalue weighted by Crippen LogP contribution is 2.34. The minimum atomic E-state index is -0.392. The maximum atomic E-state index is 12.5. The van der Waals surface area contributed by atoms with E-state index in [-0.39, 0.29) is 6.79 Å². The quantitative estimate of drug-likeness (QED) is 0.285. The molecule has 1 aliphatic rings. The lowest BCUT2D eigenvalue weighted by molar-refractivity contribution is 0.0943. The molecule has 0 unspecified atom stereocenters. The summed E-state index contributed by atoms with van der Waals surface area (Å²) in [4.78, 5) is 12.5. The van der Waals surface area contributed by atoms with Crippen molar-refractivity contribution in [3.63, 3.8) is 0 Å². The first-order valence-electron chi connectivity index (χ1n) is 10.2. The number of carbonyl (C=O) groups is 1. The molecular weight excluding hydrogens is 394 g/mol. The molecular formula is C23H23N5O3. The predicted octanol–water partition coefficient (Wildman–Crippen LogP) is 3.30. The maximum Gasteiger partial charge on any atom is 0.283 e. The summed E-state index contributed by atoms with van der Waals surface area (Å²) in [5, 5.41) is 5.88. The Morgan fingerprint density at radius 1 is 1.16 bits per heavy atom. The number of benzene rings is 2. The summed E-state index contributed by atoms with van der Waals surface area (Å²) in [6, 6.07) is 15.7. The van der Waals surface area contributed by atoms with Crippen molar-refractivity contribution >= 4 is 16.8 Å². The van der Waals surface area contributed by atoms with E-state index in [4.69, 9.17) is 20.4 Å². The van der Waals surface area contributed by atoms with Gasteiger partial charge in [0.15, 0.2) is 11.5 Å². The third kappa shape index (κ3) is 3.40. The SMILES string of the molecule is CCCn1cc(-c2cc(C(=O)NN)n(Cc3ccc4c(c3)OCO4)n2)c2ccccc21. The predicted molar refractivity (Wildman–Crippen MR) is 117 cm³/mol. The number of amides is 1. The Bertz CT molecular complexity index is 1270. The van der Waals surface area contributed by atoms with E-state index in [2.05, 4.69) is 35.2 Å². The maximum absolute atomic E-state index is 12.5. The lowest BCUT2D eigenvalue weighted by Crippen LogP contribution is -2.32. The number of hydrogen-bond donors (Lipinski definition) is 2. The molecule has 158 valence electrons. The topological polar surface area (TPSA) is 96.3 Å². The molecule has 0 saturated heterocycles. The van der Waals surface area contributed by atoms with Gasteiger partial charge in [0.2, 0.25) is 6.79 Å². The molecule has 1 aliphatic heterocycles. The van der Waals surface area contributed by atoms with Gasteiger partial charge in [0.1, 0.15) is 5.69 Å². The molecule has 0 radical (unpaired) electrons. The van der Waals surface area contributed by atoms with E-state index in [1.165, 1.54) is 0 Å². The monoisotopic (exact) mass is 417 g/mol. The third-order valence-electron chi connectivity index (χ3n) is 5.44. The number of carbonyl (C=O) groups excluding carboxylic acids is 1. The first kappa shape index (κ1) is 19.2. The number of hydrogen-bond acceptors (Lipinski definition) is 5. The van der Waals surface area contributed by atoms with Gasteiger partial charge < -0.3 is 14.0 Å². The highest BCUT2D eigenvalue weighted by Gasteiger charge is 2.20. The molecule has 0 aliphatic carbocycles. The van der Waals surface area contributed by atoms with Crippen LogP contribution in [0.3, 0.4) is 0 Å². The first-order chi connectivity index (χ1) is 15.2. The van der Waals surface area contributed by atoms with Gasteiger partial charge in [-0.2, -0.15) is 5.10 Å². The van der Waals surface area contributed by atoms with Gasteiger partial charge in [-0.15, -0.1) is 0 Å². The van der Waals surface area contributed by atoms with E-state index < -0.39 is 5.91 Å². The molecule has 0 saturated carbocycles. The number of hydrazine groups is 1. The molecule has 31 heavy (non-hydrogen) atoms. The molecule has 1 amide bonds. The van der Waals surface area contributed by atoms with Crippen molar-refractivity contribution in [2.45, 2.75) is 26.4 Å². The fraction of sp³-hybridized carbons (Fsp3) is 0.217. The number of nitrogens with zero attached hydrogens (tertiary/aromatic N) is 3. The van der Waals surface area contributed by atoms with Crippen LogP contribution >= 0.6 is 0 Å². The summed E-state index contributed by atoms with van der Waals surface area (Å²) in [7, 11) is 0. The van der Waals surface area contributed by atoms with Gasteiger partial charge in [-0.25, -0.2) is 5.84 Å². The second kappa shape index (κ2) is 7.81. The Hall–Kier alpha value is -3.78. The number of fused-ring (bicyclic) bond motifs is 2. The van der Waals surface area contributed by atoms with Crippen LogP contribution in [0, 0.1) is 0 Å². The lowest BCUT2D eigenvalue weighted by atomic mass is 10.1. The summed E-state index contributed by atoms with van der Waals surface area (Å²) in [6.45, 7) is 3.67. The average Bonchev–Trinajstić information content (AvgIpc) is 3.51. The van der Waals surface area contributed by atoms with Crippen molar-refractivity contribution in [1.29, 1.82) is 0 Å². The van der Waals surface area contributed by atoms with Crippen molar-refractivity contribution in [3.05, 3.63) is 66.0 Å². The second-order valence-corrected chi connectivity index (χ2v) is 7.49. The fourth-order valence-electron chi connectivity index (χ4n) is 4.01. The number of ether oxygens (including phenoxy) is 2. The van der Waals surface area contributed by atoms with Crippen molar-refractivity contribution < 1.29 is 14.3 Å². The molecule has 3 N–H and O–H groups in total. The van der Waals surface area contributed by atoms with E-state index in [1.807, 2.05) is 30.3 Å². The van der Waals surface area contributed by atoms with Gasteiger partial charge in [0.25, 0.3) is 5.91 Å². The van der Waals surface area contributed by atoms with Crippen molar-refractivity contribution in [1.82, 2.24) is 19.8 Å². The van der Waals surface area contributed by atoms with Crippen LogP contribution in [-0.2, 0) is 13.1 Å². The van der Waals surface area contributed by atoms with E-state index in [0.717, 1.165) is 40.7 Å². The molecule has 4 aromatic rings. The molecule has 5 rings (SSSR count). The number of aromatic nitrogens is 3. The lowest BCUT2D eigenvalue weighted by Gasteiger charge is -2.07. The Balaban J connectivity index is 1.58. The number of nitrogens with one attached hydrogen (secondary N) is 1. The minimum Gasteiger partial charge on any atom is -0.454 e. The zero-order valence-corrected chi connectivity index (χ0v) is 17.2. The van der Waals surface area contributed by atoms with E-state index in [0.29, 0.717) is 23.7 Å². The number of rotatable bonds is 6. The Kier molecular flexibility index (Phi) is 4.83. The molecule has 0 atom stereocenters. The van der Waals surface area contributed by atoms with Crippen LogP contribution in [0.15, 0.2) is 54.7 Å². The van der Waals surface area contributed by atoms with Crippen LogP contribution in [0.25, 0.3) is 22.2 Å². The number of nitrogen functional groups attached to an aromatic ring is 1. The van der Waals surface area contributed by atoms with Gasteiger partial charge in [-0.3, -0.25) is 14.9 Å². The average molecular weight is 417 g/mol. The molecule has 0 spiro atoms. The molecule has 0 bridgehead atoms. The van der Waals surface area contributed by atoms with Gasteiger partial charge >= 0.3 is 0 Å². The molecule has 0 fully saturated rings. The fourth-order valence-corrected chi connectivity index (χ4v) is 4.01. The first-order valence-corrected chi connectivity index (χ1v) is 10.2. The van der Waals surface area contributed by atoms with Gasteiger partial charge in [-0.1, -0.05) is 31.2 Å². The van der Waals surface area contributed by atoms with Crippen LogP contribution in [0.2, 0.25) is 0 Å². The van der Waals surface area contributed by atoms with E-state index in [9.17, 15) is 4.79 Å². The molecule has 3 heterocycles. The Morgan fingerprint density at radius 3 is 2.84 bits per heavy atom. The van der Waals surface area contributed by atoms with E-state index >= 15 is 0 Å². The largest absolute Gasteiger partial charge is 0.454 e. The number of nitrogens with two attached hydrogens (primary N) is 1. The van der Waals surface area contributed by atoms with Crippen LogP contribution in [0.5, 0.6) is 11.5 Å². The highest BCUT2D eigenvalue weighted by atomic mass is 16.7. The standard InChI is InChI=1S/C23H23N5O3/c1-2-9-27-13-17(16-5-3-4-6-19(16)27)18-11-20(23(29)25-24)28(26-18)12-15-7-8-21-22(10-15)31-14-30-21/h3-8,10-11,13H,2,9,12,14,24H2,1H3,(H,25,29). The summed E-state index contributed by atoms with van der Waals surface area (Å²) < 4.78 is 14.7. The van der Waals surface area contributed by atoms with Crippen LogP contribution < -0.4 is 20.7 Å². The van der Waals surface area contributed by atoms with Crippen molar-refractivity contribution in [2.24, 2.45) is 5.84 Å². The minimum absolute atomic E-state index is 0.216. The van der Waals surface area contributed by atoms with E-state index in [1.54, 1.807) is 10.7 Å². The zero-order valence-electron chi connectivity index (χ0n) is 17.2. The Labute approximate surface area is 179 Å². The Morgan fingerprint density at radius 2 is 2.00 bits per heavy atom. The second-order valence-electron chi connectivity index (χ2n) is 7.49. The number of aryl methyl sites for hydroxylation is 1. The summed E-state index contributed by atoms with van der Waals surface area (Å²) in [5.74, 6) is 6.46. The smallest absolute Gasteiger partial charge is 0.283 e. The van der Waals surface area contributed by atoms with Gasteiger partial charge in [-0.05, 0) is 36.2 Å². The van der Waals surface area contributed by atoms with Crippen molar-refractivity contribution in [2.75, 3.05) is 6.79 Å². The van der Waals surface area contributed by atoms with Gasteiger partial charge in [0.05, 0.1) is 12.2 Å². The summed E-state index contributed by atoms with van der Waals surface area (Å²) in [6.07, 6.45) is 3.13. The van der Waals surface area contributed by atoms with Crippen LogP contribution in [-0.4, -0.2) is 27.0 Å². The molecule has 8 heteroatoms. The zero-order chi connectivity index (χ0) is 21.4. The number of para-hydroxylation sites is 1. The molecule has 2 aromatic carbocycles. The van der Waals surface area contributed by atoms with Crippen molar-refractivity contribution in [3.8, 4) is 22.8 Å². The molecule has 2 aromatic heterocycles. The van der Waals surface area contributed by atoms with Crippen LogP contribution in [0.4, 0.5) is 0 Å². The van der Waals surface area contributed by atoms with Crippen LogP contribution in [0.1, 0.15) is 29.4 Å². The normalized spacial score (nSPS) is 12.5. The summed E-state index contributed by atoms with van der Waals surface area (Å²) in [5.41, 5.74) is 6.42. The highest BCUT2D eigenvalue weighted by molar-refractivity contribution is 5.98.